The zero-order valence-electron chi connectivity index (χ0n) is 6.33. The van der Waals surface area contributed by atoms with Gasteiger partial charge in [0.25, 0.3) is 5.91 Å². The van der Waals surface area contributed by atoms with E-state index in [0.29, 0.717) is 4.88 Å². The summed E-state index contributed by atoms with van der Waals surface area (Å²) in [4.78, 5) is 25.5. The van der Waals surface area contributed by atoms with Gasteiger partial charge in [-0.2, -0.15) is 0 Å². The molecule has 3 amide bonds. The fourth-order valence-corrected chi connectivity index (χ4v) is 1.31. The fourth-order valence-electron chi connectivity index (χ4n) is 0.640. The van der Waals surface area contributed by atoms with E-state index >= 15 is 0 Å². The van der Waals surface area contributed by atoms with Gasteiger partial charge in [0.1, 0.15) is 4.88 Å². The van der Waals surface area contributed by atoms with Crippen LogP contribution in [0, 0.1) is 6.92 Å². The van der Waals surface area contributed by atoms with Crippen LogP contribution in [-0.4, -0.2) is 16.9 Å². The molecule has 0 saturated heterocycles. The Balaban J connectivity index is 2.72. The molecule has 1 aromatic rings. The molecule has 0 fully saturated rings. The summed E-state index contributed by atoms with van der Waals surface area (Å²) in [6, 6.07) is -0.856. The van der Waals surface area contributed by atoms with Crippen molar-refractivity contribution in [3.05, 3.63) is 16.1 Å². The Morgan fingerprint density at radius 2 is 2.33 bits per heavy atom. The minimum Gasteiger partial charge on any atom is -0.351 e. The Hall–Kier alpha value is -1.43. The summed E-state index contributed by atoms with van der Waals surface area (Å²) in [5, 5.41) is 2.71. The first-order valence-electron chi connectivity index (χ1n) is 3.13. The molecule has 0 radical (unpaired) electrons. The summed E-state index contributed by atoms with van der Waals surface area (Å²) in [7, 11) is 0. The molecule has 64 valence electrons. The number of urea groups is 1. The molecule has 1 aromatic heterocycles. The smallest absolute Gasteiger partial charge is 0.319 e. The van der Waals surface area contributed by atoms with Crippen molar-refractivity contribution in [2.45, 2.75) is 6.92 Å². The standard InChI is InChI=1S/C6H7N3O2S/c1-3-8-2-4(12-3)5(10)9-6(7)11/h2H,1H3,(H3,7,9,10,11). The quantitative estimate of drug-likeness (QED) is 0.658. The molecule has 1 rings (SSSR count). The number of carbonyl (C=O) groups is 2. The van der Waals surface area contributed by atoms with Crippen LogP contribution in [0.25, 0.3) is 0 Å². The number of aromatic nitrogens is 1. The Bertz CT molecular complexity index is 320. The van der Waals surface area contributed by atoms with Gasteiger partial charge in [0, 0.05) is 0 Å². The molecule has 0 atom stereocenters. The third-order valence-corrected chi connectivity index (χ3v) is 1.99. The lowest BCUT2D eigenvalue weighted by Crippen LogP contribution is -2.34. The Morgan fingerprint density at radius 3 is 2.75 bits per heavy atom. The number of hydrogen-bond donors (Lipinski definition) is 2. The van der Waals surface area contributed by atoms with Crippen molar-refractivity contribution in [1.82, 2.24) is 10.3 Å². The van der Waals surface area contributed by atoms with Gasteiger partial charge < -0.3 is 5.73 Å². The summed E-state index contributed by atoms with van der Waals surface area (Å²) in [6.45, 7) is 1.77. The van der Waals surface area contributed by atoms with Gasteiger partial charge in [-0.3, -0.25) is 10.1 Å². The highest BCUT2D eigenvalue weighted by molar-refractivity contribution is 7.13. The predicted molar refractivity (Wildman–Crippen MR) is 43.9 cm³/mol. The van der Waals surface area contributed by atoms with E-state index in [9.17, 15) is 9.59 Å². The minimum atomic E-state index is -0.856. The molecule has 0 aliphatic carbocycles. The van der Waals surface area contributed by atoms with Crippen molar-refractivity contribution in [2.75, 3.05) is 0 Å². The zero-order valence-corrected chi connectivity index (χ0v) is 7.14. The number of aryl methyl sites for hydroxylation is 1. The average molecular weight is 185 g/mol. The van der Waals surface area contributed by atoms with Gasteiger partial charge in [0.2, 0.25) is 0 Å². The SMILES string of the molecule is Cc1ncc(C(=O)NC(N)=O)s1. The van der Waals surface area contributed by atoms with Crippen LogP contribution >= 0.6 is 11.3 Å². The molecule has 0 aliphatic heterocycles. The van der Waals surface area contributed by atoms with Crippen molar-refractivity contribution in [1.29, 1.82) is 0 Å². The predicted octanol–water partition coefficient (Wildman–Crippen LogP) is 0.260. The maximum absolute atomic E-state index is 11.0. The molecular weight excluding hydrogens is 178 g/mol. The van der Waals surface area contributed by atoms with E-state index in [4.69, 9.17) is 5.73 Å². The van der Waals surface area contributed by atoms with Crippen molar-refractivity contribution in [3.63, 3.8) is 0 Å². The van der Waals surface area contributed by atoms with E-state index in [1.165, 1.54) is 17.5 Å². The van der Waals surface area contributed by atoms with Crippen molar-refractivity contribution < 1.29 is 9.59 Å². The van der Waals surface area contributed by atoms with Gasteiger partial charge in [-0.1, -0.05) is 0 Å². The maximum Gasteiger partial charge on any atom is 0.319 e. The molecule has 0 saturated carbocycles. The van der Waals surface area contributed by atoms with E-state index < -0.39 is 11.9 Å². The second-order valence-electron chi connectivity index (χ2n) is 2.06. The highest BCUT2D eigenvalue weighted by Gasteiger charge is 2.09. The topological polar surface area (TPSA) is 85.1 Å². The first-order valence-corrected chi connectivity index (χ1v) is 3.94. The molecule has 0 aliphatic rings. The number of hydrogen-bond acceptors (Lipinski definition) is 4. The molecule has 1 heterocycles. The molecule has 0 bridgehead atoms. The third kappa shape index (κ3) is 2.03. The van der Waals surface area contributed by atoms with Crippen molar-refractivity contribution >= 4 is 23.3 Å². The molecule has 0 spiro atoms. The van der Waals surface area contributed by atoms with Crippen LogP contribution in [0.15, 0.2) is 6.20 Å². The number of nitrogens with zero attached hydrogens (tertiary/aromatic N) is 1. The zero-order chi connectivity index (χ0) is 9.14. The number of rotatable bonds is 1. The summed E-state index contributed by atoms with van der Waals surface area (Å²) < 4.78 is 0. The summed E-state index contributed by atoms with van der Waals surface area (Å²) in [5.74, 6) is -0.506. The molecule has 6 heteroatoms. The van der Waals surface area contributed by atoms with Crippen LogP contribution in [0.4, 0.5) is 4.79 Å². The van der Waals surface area contributed by atoms with Gasteiger partial charge in [-0.25, -0.2) is 9.78 Å². The van der Waals surface area contributed by atoms with Crippen molar-refractivity contribution in [3.8, 4) is 0 Å². The number of primary amides is 1. The monoisotopic (exact) mass is 185 g/mol. The fraction of sp³-hybridized carbons (Fsp3) is 0.167. The third-order valence-electron chi connectivity index (χ3n) is 1.08. The maximum atomic E-state index is 11.0. The highest BCUT2D eigenvalue weighted by Crippen LogP contribution is 2.10. The van der Waals surface area contributed by atoms with Crippen LogP contribution in [-0.2, 0) is 0 Å². The number of nitrogens with two attached hydrogens (primary N) is 1. The first kappa shape index (κ1) is 8.66. The molecule has 12 heavy (non-hydrogen) atoms. The van der Waals surface area contributed by atoms with Gasteiger partial charge >= 0.3 is 6.03 Å². The van der Waals surface area contributed by atoms with Gasteiger partial charge in [0.15, 0.2) is 0 Å². The molecular formula is C6H7N3O2S. The Kier molecular flexibility index (Phi) is 2.39. The highest BCUT2D eigenvalue weighted by atomic mass is 32.1. The second kappa shape index (κ2) is 3.31. The molecule has 3 N–H and O–H groups in total. The largest absolute Gasteiger partial charge is 0.351 e. The lowest BCUT2D eigenvalue weighted by atomic mass is 10.5. The second-order valence-corrected chi connectivity index (χ2v) is 3.30. The minimum absolute atomic E-state index is 0.381. The van der Waals surface area contributed by atoms with Gasteiger partial charge in [0.05, 0.1) is 11.2 Å². The van der Waals surface area contributed by atoms with Gasteiger partial charge in [-0.05, 0) is 6.92 Å². The number of nitrogens with one attached hydrogen (secondary N) is 1. The Labute approximate surface area is 72.6 Å². The molecule has 5 nitrogen and oxygen atoms in total. The van der Waals surface area contributed by atoms with Gasteiger partial charge in [-0.15, -0.1) is 11.3 Å². The van der Waals surface area contributed by atoms with E-state index in [-0.39, 0.29) is 0 Å². The number of amides is 3. The first-order chi connectivity index (χ1) is 5.59. The number of thiazole rings is 1. The van der Waals surface area contributed by atoms with E-state index in [0.717, 1.165) is 5.01 Å². The van der Waals surface area contributed by atoms with E-state index in [1.54, 1.807) is 6.92 Å². The number of imide groups is 1. The van der Waals surface area contributed by atoms with Crippen LogP contribution in [0.3, 0.4) is 0 Å². The number of carbonyl (C=O) groups excluding carboxylic acids is 2. The van der Waals surface area contributed by atoms with E-state index in [1.807, 2.05) is 5.32 Å². The Morgan fingerprint density at radius 1 is 1.67 bits per heavy atom. The van der Waals surface area contributed by atoms with Crippen LogP contribution in [0.1, 0.15) is 14.7 Å². The summed E-state index contributed by atoms with van der Waals surface area (Å²) in [6.07, 6.45) is 1.40. The van der Waals surface area contributed by atoms with E-state index in [2.05, 4.69) is 4.98 Å². The van der Waals surface area contributed by atoms with Crippen LogP contribution in [0.2, 0.25) is 0 Å². The summed E-state index contributed by atoms with van der Waals surface area (Å²) in [5.41, 5.74) is 4.75. The lowest BCUT2D eigenvalue weighted by molar-refractivity contribution is 0.0970. The summed E-state index contributed by atoms with van der Waals surface area (Å²) >= 11 is 1.21. The average Bonchev–Trinajstić information content (AvgIpc) is 2.34. The lowest BCUT2D eigenvalue weighted by Gasteiger charge is -1.94. The molecule has 0 aromatic carbocycles. The molecule has 0 unspecified atom stereocenters. The van der Waals surface area contributed by atoms with Crippen LogP contribution < -0.4 is 11.1 Å². The van der Waals surface area contributed by atoms with Crippen molar-refractivity contribution in [2.24, 2.45) is 5.73 Å². The van der Waals surface area contributed by atoms with Crippen LogP contribution in [0.5, 0.6) is 0 Å². The normalized spacial score (nSPS) is 9.42.